The first kappa shape index (κ1) is 42.0. The Kier molecular flexibility index (Phi) is 13.4. The Hall–Kier alpha value is -0.392. The minimum atomic E-state index is -1.81. The van der Waals surface area contributed by atoms with Crippen LogP contribution >= 0.6 is 23.5 Å². The van der Waals surface area contributed by atoms with Crippen LogP contribution in [0.5, 0.6) is 11.5 Å². The first-order chi connectivity index (χ1) is 21.7. The fourth-order valence-electron chi connectivity index (χ4n) is 6.43. The number of phenols is 2. The van der Waals surface area contributed by atoms with Gasteiger partial charge in [-0.1, -0.05) is 157 Å². The minimum absolute atomic E-state index is 0.0414. The molecule has 2 atom stereocenters. The zero-order chi connectivity index (χ0) is 36.7. The normalized spacial score (nSPS) is 19.2. The van der Waals surface area contributed by atoms with E-state index in [9.17, 15) is 10.2 Å². The Morgan fingerprint density at radius 2 is 0.854 bits per heavy atom. The molecule has 2 N–H and O–H groups in total. The Morgan fingerprint density at radius 1 is 0.542 bits per heavy atom. The van der Waals surface area contributed by atoms with E-state index < -0.39 is 30.4 Å². The number of rotatable bonds is 10. The van der Waals surface area contributed by atoms with Crippen molar-refractivity contribution in [3.05, 3.63) is 46.5 Å². The molecule has 48 heavy (non-hydrogen) atoms. The highest BCUT2D eigenvalue weighted by atomic mass is 32.2. The molecule has 0 unspecified atom stereocenters. The summed E-state index contributed by atoms with van der Waals surface area (Å²) in [7, 11) is -6.58. The molecule has 0 saturated heterocycles. The molecule has 8 heteroatoms. The van der Waals surface area contributed by atoms with Gasteiger partial charge in [-0.25, -0.2) is 0 Å². The zero-order valence-corrected chi connectivity index (χ0v) is 39.5. The summed E-state index contributed by atoms with van der Waals surface area (Å²) in [4.78, 5) is 0. The van der Waals surface area contributed by atoms with Crippen molar-refractivity contribution in [2.45, 2.75) is 178 Å². The molecule has 1 aliphatic carbocycles. The molecular weight excluding hydrogens is 689 g/mol. The predicted octanol–water partition coefficient (Wildman–Crippen LogP) is 11.6. The molecule has 0 aliphatic heterocycles. The van der Waals surface area contributed by atoms with Crippen molar-refractivity contribution in [2.24, 2.45) is 0 Å². The molecular formula is C40H72O2S2Si4. The lowest BCUT2D eigenvalue weighted by atomic mass is 9.86. The summed E-state index contributed by atoms with van der Waals surface area (Å²) in [6.07, 6.45) is 7.70. The van der Waals surface area contributed by atoms with Crippen LogP contribution in [0.3, 0.4) is 0 Å². The molecule has 0 radical (unpaired) electrons. The molecule has 1 aliphatic rings. The summed E-state index contributed by atoms with van der Waals surface area (Å²) in [5.74, 6) is 2.92. The second-order valence-corrected chi connectivity index (χ2v) is 55.5. The van der Waals surface area contributed by atoms with Gasteiger partial charge in [0.1, 0.15) is 11.5 Å². The van der Waals surface area contributed by atoms with E-state index in [1.54, 1.807) is 0 Å². The van der Waals surface area contributed by atoms with Gasteiger partial charge in [-0.3, -0.25) is 0 Å². The van der Waals surface area contributed by atoms with Crippen LogP contribution in [0.25, 0.3) is 0 Å². The van der Waals surface area contributed by atoms with Crippen molar-refractivity contribution in [1.82, 2.24) is 0 Å². The second kappa shape index (κ2) is 15.3. The van der Waals surface area contributed by atoms with E-state index in [0.717, 1.165) is 22.6 Å². The van der Waals surface area contributed by atoms with E-state index >= 15 is 0 Å². The third-order valence-electron chi connectivity index (χ3n) is 12.3. The first-order valence-corrected chi connectivity index (χ1v) is 35.8. The summed E-state index contributed by atoms with van der Waals surface area (Å²) in [5.41, 5.74) is 5.10. The molecule has 272 valence electrons. The quantitative estimate of drug-likeness (QED) is 0.237. The average molecular weight is 761 g/mol. The lowest BCUT2D eigenvalue weighted by molar-refractivity contribution is 0.472. The smallest absolute Gasteiger partial charge is 0.118 e. The Balaban J connectivity index is 1.98. The van der Waals surface area contributed by atoms with E-state index in [1.807, 2.05) is 0 Å². The molecule has 0 heterocycles. The number of benzene rings is 2. The van der Waals surface area contributed by atoms with Gasteiger partial charge < -0.3 is 10.2 Å². The lowest BCUT2D eigenvalue weighted by Gasteiger charge is -2.38. The van der Waals surface area contributed by atoms with Gasteiger partial charge in [0.15, 0.2) is 0 Å². The summed E-state index contributed by atoms with van der Waals surface area (Å²) >= 11 is 4.19. The third-order valence-corrected chi connectivity index (χ3v) is 50.4. The highest BCUT2D eigenvalue weighted by Gasteiger charge is 2.42. The van der Waals surface area contributed by atoms with Gasteiger partial charge in [0.25, 0.3) is 0 Å². The molecule has 3 rings (SSSR count). The topological polar surface area (TPSA) is 40.5 Å². The third kappa shape index (κ3) is 9.72. The first-order valence-electron chi connectivity index (χ1n) is 18.7. The Bertz CT molecular complexity index is 1300. The van der Waals surface area contributed by atoms with Crippen LogP contribution < -0.4 is 10.4 Å². The highest BCUT2D eigenvalue weighted by molar-refractivity contribution is 8.03. The Labute approximate surface area is 309 Å². The SMILES string of the molecule is CC(C)(C)c1cc(CS[C@H]2CCCCCC[C@@H]2SCc2cc(C(C)(C)C)cc([Si](C)(C)[Si](C)(C)C)c2O)c(O)c([Si](C)(C)[Si](C)(C)C)c1. The zero-order valence-electron chi connectivity index (χ0n) is 33.8. The second-order valence-electron chi connectivity index (χ2n) is 20.0. The maximum atomic E-state index is 11.9. The summed E-state index contributed by atoms with van der Waals surface area (Å²) in [6, 6.07) is 9.41. The number of aromatic hydroxyl groups is 2. The van der Waals surface area contributed by atoms with Crippen LogP contribution in [0, 0.1) is 0 Å². The van der Waals surface area contributed by atoms with E-state index in [0.29, 0.717) is 22.0 Å². The van der Waals surface area contributed by atoms with Crippen molar-refractivity contribution in [3.63, 3.8) is 0 Å². The van der Waals surface area contributed by atoms with E-state index in [1.165, 1.54) is 60.0 Å². The van der Waals surface area contributed by atoms with Crippen LogP contribution in [-0.2, 0) is 22.3 Å². The molecule has 1 saturated carbocycles. The van der Waals surface area contributed by atoms with Crippen LogP contribution in [0.4, 0.5) is 0 Å². The van der Waals surface area contributed by atoms with Gasteiger partial charge in [0.05, 0.1) is 15.2 Å². The fraction of sp³-hybridized carbons (Fsp3) is 0.700. The summed E-state index contributed by atoms with van der Waals surface area (Å²) in [6.45, 7) is 38.7. The van der Waals surface area contributed by atoms with Gasteiger partial charge in [0.2, 0.25) is 0 Å². The number of hydrogen-bond donors (Lipinski definition) is 2. The maximum absolute atomic E-state index is 11.9. The number of phenolic OH excluding ortho intramolecular Hbond substituents is 2. The maximum Gasteiger partial charge on any atom is 0.118 e. The van der Waals surface area contributed by atoms with E-state index in [-0.39, 0.29) is 10.8 Å². The number of thioether (sulfide) groups is 2. The lowest BCUT2D eigenvalue weighted by Crippen LogP contribution is -2.61. The van der Waals surface area contributed by atoms with Gasteiger partial charge in [0, 0.05) is 48.3 Å². The van der Waals surface area contributed by atoms with Crippen molar-refractivity contribution < 1.29 is 10.2 Å². The molecule has 0 spiro atoms. The standard InChI is InChI=1S/C40H72O2S2Si4/c1-39(2,3)31-23-29(37(41)35(25-31)47(13,14)45(7,8)9)27-43-33-21-19-17-18-20-22-34(33)44-28-30-24-32(40(4,5)6)26-36(38(30)42)48(15,16)46(10,11)12/h23-26,33-34,41-42H,17-22,27-28H2,1-16H3/t33-,34-/m0/s1. The predicted molar refractivity (Wildman–Crippen MR) is 232 cm³/mol. The van der Waals surface area contributed by atoms with Crippen LogP contribution in [-0.4, -0.2) is 51.1 Å². The molecule has 2 nitrogen and oxygen atoms in total. The molecule has 1 fully saturated rings. The van der Waals surface area contributed by atoms with Crippen molar-refractivity contribution in [1.29, 1.82) is 0 Å². The summed E-state index contributed by atoms with van der Waals surface area (Å²) < 4.78 is 0. The summed E-state index contributed by atoms with van der Waals surface area (Å²) in [5, 5.41) is 27.5. The number of hydrogen-bond acceptors (Lipinski definition) is 4. The van der Waals surface area contributed by atoms with Crippen LogP contribution in [0.2, 0.25) is 65.5 Å². The van der Waals surface area contributed by atoms with Gasteiger partial charge in [-0.15, -0.1) is 0 Å². The van der Waals surface area contributed by atoms with Gasteiger partial charge in [-0.05, 0) is 45.2 Å². The molecule has 2 aromatic carbocycles. The van der Waals surface area contributed by atoms with Crippen molar-refractivity contribution >= 4 is 64.3 Å². The fourth-order valence-corrected chi connectivity index (χ4v) is 19.6. The van der Waals surface area contributed by atoms with Crippen LogP contribution in [0.15, 0.2) is 24.3 Å². The Morgan fingerprint density at radius 3 is 1.12 bits per heavy atom. The van der Waals surface area contributed by atoms with Crippen molar-refractivity contribution in [2.75, 3.05) is 0 Å². The molecule has 0 amide bonds. The van der Waals surface area contributed by atoms with Crippen LogP contribution in [0.1, 0.15) is 102 Å². The average Bonchev–Trinajstić information content (AvgIpc) is 2.90. The highest BCUT2D eigenvalue weighted by Crippen LogP contribution is 2.41. The van der Waals surface area contributed by atoms with Gasteiger partial charge in [-0.2, -0.15) is 23.5 Å². The molecule has 2 aromatic rings. The molecule has 0 aromatic heterocycles. The van der Waals surface area contributed by atoms with Gasteiger partial charge >= 0.3 is 0 Å². The van der Waals surface area contributed by atoms with E-state index in [4.69, 9.17) is 0 Å². The minimum Gasteiger partial charge on any atom is -0.508 e. The largest absolute Gasteiger partial charge is 0.508 e. The monoisotopic (exact) mass is 760 g/mol. The van der Waals surface area contributed by atoms with Crippen molar-refractivity contribution in [3.8, 4) is 11.5 Å². The van der Waals surface area contributed by atoms with E-state index in [2.05, 4.69) is 155 Å². The molecule has 0 bridgehead atoms.